The Hall–Kier alpha value is -0.810. The number of hydrogen-bond acceptors (Lipinski definition) is 1. The van der Waals surface area contributed by atoms with Gasteiger partial charge in [-0.3, -0.25) is 0 Å². The second-order valence-electron chi connectivity index (χ2n) is 2.11. The third kappa shape index (κ3) is 4.11. The van der Waals surface area contributed by atoms with Crippen LogP contribution >= 0.6 is 0 Å². The summed E-state index contributed by atoms with van der Waals surface area (Å²) in [7, 11) is 0. The summed E-state index contributed by atoms with van der Waals surface area (Å²) in [4.78, 5) is 10.2. The lowest BCUT2D eigenvalue weighted by molar-refractivity contribution is 0.566. The van der Waals surface area contributed by atoms with Gasteiger partial charge in [-0.1, -0.05) is 19.4 Å². The molecule has 0 N–H and O–H groups in total. The second kappa shape index (κ2) is 6.31. The van der Waals surface area contributed by atoms with E-state index in [-0.39, 0.29) is 0 Å². The summed E-state index contributed by atoms with van der Waals surface area (Å²) in [5.41, 5.74) is 0.766. The van der Waals surface area contributed by atoms with Crippen molar-refractivity contribution in [2.75, 3.05) is 0 Å². The van der Waals surface area contributed by atoms with Crippen LogP contribution in [0.4, 0.5) is 0 Å². The average Bonchev–Trinajstić information content (AvgIpc) is 1.98. The number of carbonyl (C=O) groups excluding carboxylic acids is 1. The Morgan fingerprint density at radius 1 is 1.70 bits per heavy atom. The molecule has 1 nitrogen and oxygen atoms in total. The molecule has 0 amide bonds. The summed E-state index contributed by atoms with van der Waals surface area (Å²) in [6.07, 6.45) is 6.23. The molecule has 0 bridgehead atoms. The first-order valence-electron chi connectivity index (χ1n) is 3.53. The van der Waals surface area contributed by atoms with E-state index in [0.29, 0.717) is 0 Å². The predicted molar refractivity (Wildman–Crippen MR) is 43.2 cm³/mol. The highest BCUT2D eigenvalue weighted by Gasteiger charge is 1.94. The Bertz CT molecular complexity index is 141. The van der Waals surface area contributed by atoms with Crippen LogP contribution in [0, 0.1) is 6.42 Å². The summed E-state index contributed by atoms with van der Waals surface area (Å²) in [5.74, 6) is 1.90. The van der Waals surface area contributed by atoms with Crippen molar-refractivity contribution >= 4 is 5.94 Å². The second-order valence-corrected chi connectivity index (χ2v) is 2.11. The molecular formula is C9H13O. The van der Waals surface area contributed by atoms with Crippen molar-refractivity contribution in [2.45, 2.75) is 26.2 Å². The molecule has 0 fully saturated rings. The van der Waals surface area contributed by atoms with E-state index < -0.39 is 0 Å². The Labute approximate surface area is 62.4 Å². The van der Waals surface area contributed by atoms with Gasteiger partial charge in [0, 0.05) is 12.0 Å². The van der Waals surface area contributed by atoms with Gasteiger partial charge < -0.3 is 0 Å². The van der Waals surface area contributed by atoms with Gasteiger partial charge in [0.05, 0.1) is 0 Å². The Morgan fingerprint density at radius 3 is 2.80 bits per heavy atom. The molecule has 0 rings (SSSR count). The summed E-state index contributed by atoms with van der Waals surface area (Å²) in [6, 6.07) is 0. The fraction of sp³-hybridized carbons (Fsp3) is 0.444. The maximum Gasteiger partial charge on any atom is 0.123 e. The molecule has 0 saturated heterocycles. The first-order chi connectivity index (χ1) is 4.85. The smallest absolute Gasteiger partial charge is 0.123 e. The number of allylic oxidation sites excluding steroid dienone is 2. The molecule has 1 radical (unpaired) electrons. The summed E-state index contributed by atoms with van der Waals surface area (Å²) in [6.45, 7) is 5.59. The third-order valence-electron chi connectivity index (χ3n) is 1.18. The zero-order chi connectivity index (χ0) is 7.82. The Kier molecular flexibility index (Phi) is 5.80. The molecule has 1 heteroatoms. The van der Waals surface area contributed by atoms with Crippen LogP contribution < -0.4 is 0 Å². The van der Waals surface area contributed by atoms with Crippen molar-refractivity contribution in [1.29, 1.82) is 0 Å². The van der Waals surface area contributed by atoms with Gasteiger partial charge in [0.1, 0.15) is 5.94 Å². The van der Waals surface area contributed by atoms with Gasteiger partial charge in [0.25, 0.3) is 0 Å². The van der Waals surface area contributed by atoms with Crippen LogP contribution in [0.25, 0.3) is 0 Å². The minimum atomic E-state index is 0.766. The summed E-state index contributed by atoms with van der Waals surface area (Å²) >= 11 is 0. The molecule has 0 aromatic rings. The van der Waals surface area contributed by atoms with Gasteiger partial charge in [-0.25, -0.2) is 4.79 Å². The quantitative estimate of drug-likeness (QED) is 0.420. The fourth-order valence-electron chi connectivity index (χ4n) is 0.690. The van der Waals surface area contributed by atoms with E-state index in [4.69, 9.17) is 0 Å². The van der Waals surface area contributed by atoms with Gasteiger partial charge in [0.2, 0.25) is 0 Å². The first kappa shape index (κ1) is 9.19. The molecule has 0 aliphatic carbocycles. The van der Waals surface area contributed by atoms with Gasteiger partial charge in [-0.05, 0) is 12.8 Å². The zero-order valence-corrected chi connectivity index (χ0v) is 6.39. The van der Waals surface area contributed by atoms with E-state index in [1.165, 1.54) is 0 Å². The normalized spacial score (nSPS) is 8.50. The van der Waals surface area contributed by atoms with Gasteiger partial charge in [-0.2, -0.15) is 0 Å². The van der Waals surface area contributed by atoms with E-state index in [2.05, 4.69) is 6.58 Å². The summed E-state index contributed by atoms with van der Waals surface area (Å²) < 4.78 is 0. The van der Waals surface area contributed by atoms with Gasteiger partial charge in [0.15, 0.2) is 0 Å². The predicted octanol–water partition coefficient (Wildman–Crippen LogP) is 2.32. The zero-order valence-electron chi connectivity index (χ0n) is 6.39. The maximum atomic E-state index is 10.2. The van der Waals surface area contributed by atoms with E-state index in [1.807, 2.05) is 19.3 Å². The number of hydrogen-bond donors (Lipinski definition) is 0. The third-order valence-corrected chi connectivity index (χ3v) is 1.18. The van der Waals surface area contributed by atoms with Crippen molar-refractivity contribution in [1.82, 2.24) is 0 Å². The molecule has 0 heterocycles. The van der Waals surface area contributed by atoms with Crippen LogP contribution in [-0.2, 0) is 4.79 Å². The molecule has 0 atom stereocenters. The SMILES string of the molecule is C=CC[CH]C(=C=O)CCC. The van der Waals surface area contributed by atoms with E-state index in [0.717, 1.165) is 24.8 Å². The largest absolute Gasteiger partial charge is 0.234 e. The van der Waals surface area contributed by atoms with Crippen molar-refractivity contribution in [3.05, 3.63) is 24.6 Å². The van der Waals surface area contributed by atoms with Crippen LogP contribution in [0.1, 0.15) is 26.2 Å². The van der Waals surface area contributed by atoms with Crippen LogP contribution in [-0.4, -0.2) is 5.94 Å². The molecule has 0 aliphatic rings. The van der Waals surface area contributed by atoms with Crippen LogP contribution in [0.5, 0.6) is 0 Å². The molecule has 0 aliphatic heterocycles. The van der Waals surface area contributed by atoms with E-state index >= 15 is 0 Å². The topological polar surface area (TPSA) is 17.1 Å². The first-order valence-corrected chi connectivity index (χ1v) is 3.53. The lowest BCUT2D eigenvalue weighted by Crippen LogP contribution is -1.84. The molecule has 0 aromatic heterocycles. The van der Waals surface area contributed by atoms with Gasteiger partial charge >= 0.3 is 0 Å². The number of rotatable bonds is 5. The molecule has 55 valence electrons. The molecule has 0 spiro atoms. The van der Waals surface area contributed by atoms with E-state index in [9.17, 15) is 4.79 Å². The standard InChI is InChI=1S/C9H13O/c1-3-5-7-9(8-10)6-4-2/h3,7H,1,4-6H2,2H3. The molecule has 0 aromatic carbocycles. The van der Waals surface area contributed by atoms with Gasteiger partial charge in [-0.15, -0.1) is 6.58 Å². The monoisotopic (exact) mass is 137 g/mol. The fourth-order valence-corrected chi connectivity index (χ4v) is 0.690. The highest BCUT2D eigenvalue weighted by Crippen LogP contribution is 2.06. The van der Waals surface area contributed by atoms with Crippen LogP contribution in [0.15, 0.2) is 18.2 Å². The van der Waals surface area contributed by atoms with Crippen molar-refractivity contribution in [3.8, 4) is 0 Å². The van der Waals surface area contributed by atoms with Crippen molar-refractivity contribution < 1.29 is 4.79 Å². The van der Waals surface area contributed by atoms with Crippen molar-refractivity contribution in [3.63, 3.8) is 0 Å². The molecular weight excluding hydrogens is 124 g/mol. The minimum Gasteiger partial charge on any atom is -0.234 e. The van der Waals surface area contributed by atoms with Crippen molar-refractivity contribution in [2.24, 2.45) is 0 Å². The van der Waals surface area contributed by atoms with Crippen LogP contribution in [0.2, 0.25) is 0 Å². The molecule has 0 saturated carbocycles. The lowest BCUT2D eigenvalue weighted by atomic mass is 10.1. The Balaban J connectivity index is 3.62. The molecule has 0 unspecified atom stereocenters. The Morgan fingerprint density at radius 2 is 2.40 bits per heavy atom. The maximum absolute atomic E-state index is 10.2. The average molecular weight is 137 g/mol. The highest BCUT2D eigenvalue weighted by atomic mass is 16.1. The highest BCUT2D eigenvalue weighted by molar-refractivity contribution is 5.55. The minimum absolute atomic E-state index is 0.766. The molecule has 10 heavy (non-hydrogen) atoms. The summed E-state index contributed by atoms with van der Waals surface area (Å²) in [5, 5.41) is 0. The van der Waals surface area contributed by atoms with E-state index in [1.54, 1.807) is 6.08 Å². The van der Waals surface area contributed by atoms with Crippen LogP contribution in [0.3, 0.4) is 0 Å². The lowest BCUT2D eigenvalue weighted by Gasteiger charge is -1.95.